The van der Waals surface area contributed by atoms with E-state index in [1.165, 1.54) is 6.07 Å². The van der Waals surface area contributed by atoms with Crippen LogP contribution < -0.4 is 10.1 Å². The fourth-order valence-electron chi connectivity index (χ4n) is 2.11. The molecular weight excluding hydrogens is 373 g/mol. The van der Waals surface area contributed by atoms with Crippen LogP contribution in [0.4, 0.5) is 5.69 Å². The number of carboxylic acids is 1. The number of carbonyl (C=O) groups is 1. The van der Waals surface area contributed by atoms with Crippen molar-refractivity contribution in [1.82, 2.24) is 0 Å². The predicted octanol–water partition coefficient (Wildman–Crippen LogP) is 5.75. The lowest BCUT2D eigenvalue weighted by Crippen LogP contribution is -2.05. The summed E-state index contributed by atoms with van der Waals surface area (Å²) in [5, 5.41) is 13.3. The van der Waals surface area contributed by atoms with Gasteiger partial charge in [0.2, 0.25) is 0 Å². The quantitative estimate of drug-likeness (QED) is 0.634. The Labute approximate surface area is 155 Å². The maximum absolute atomic E-state index is 11.0. The Bertz CT molecular complexity index is 750. The van der Waals surface area contributed by atoms with Crippen LogP contribution in [0.2, 0.25) is 15.1 Å². The Morgan fingerprint density at radius 1 is 1.17 bits per heavy atom. The van der Waals surface area contributed by atoms with Crippen molar-refractivity contribution in [3.63, 3.8) is 0 Å². The van der Waals surface area contributed by atoms with Crippen molar-refractivity contribution in [2.75, 3.05) is 11.9 Å². The Morgan fingerprint density at radius 3 is 2.54 bits per heavy atom. The van der Waals surface area contributed by atoms with E-state index in [9.17, 15) is 4.79 Å². The molecule has 24 heavy (non-hydrogen) atoms. The predicted molar refractivity (Wildman–Crippen MR) is 98.0 cm³/mol. The van der Waals surface area contributed by atoms with Crippen molar-refractivity contribution in [2.24, 2.45) is 0 Å². The molecular formula is C17H16Cl3NO3. The van der Waals surface area contributed by atoms with E-state index in [-0.39, 0.29) is 10.6 Å². The second-order valence-corrected chi connectivity index (χ2v) is 6.33. The SMILES string of the molecule is CCCOc1c(Cl)cc(Cl)cc1CNc1ccc(C(=O)O)c(Cl)c1. The topological polar surface area (TPSA) is 58.6 Å². The second-order valence-electron chi connectivity index (χ2n) is 5.08. The summed E-state index contributed by atoms with van der Waals surface area (Å²) in [6.45, 7) is 2.96. The van der Waals surface area contributed by atoms with E-state index in [4.69, 9.17) is 44.6 Å². The van der Waals surface area contributed by atoms with E-state index in [0.29, 0.717) is 34.6 Å². The molecule has 0 aromatic heterocycles. The summed E-state index contributed by atoms with van der Waals surface area (Å²) in [7, 11) is 0. The first-order valence-electron chi connectivity index (χ1n) is 7.29. The number of aromatic carboxylic acids is 1. The average Bonchev–Trinajstić information content (AvgIpc) is 2.51. The fraction of sp³-hybridized carbons (Fsp3) is 0.235. The van der Waals surface area contributed by atoms with Crippen LogP contribution in [-0.4, -0.2) is 17.7 Å². The first-order chi connectivity index (χ1) is 11.4. The van der Waals surface area contributed by atoms with Gasteiger partial charge in [0, 0.05) is 22.8 Å². The minimum absolute atomic E-state index is 0.0555. The van der Waals surface area contributed by atoms with Gasteiger partial charge in [-0.05, 0) is 36.8 Å². The number of carboxylic acid groups (broad SMARTS) is 1. The second kappa shape index (κ2) is 8.47. The van der Waals surface area contributed by atoms with Crippen molar-refractivity contribution >= 4 is 46.5 Å². The molecule has 2 aromatic rings. The lowest BCUT2D eigenvalue weighted by Gasteiger charge is -2.15. The number of anilines is 1. The number of hydrogen-bond donors (Lipinski definition) is 2. The van der Waals surface area contributed by atoms with Gasteiger partial charge in [-0.25, -0.2) is 4.79 Å². The summed E-state index contributed by atoms with van der Waals surface area (Å²) in [4.78, 5) is 11.0. The molecule has 0 unspecified atom stereocenters. The zero-order valence-corrected chi connectivity index (χ0v) is 15.2. The molecule has 0 amide bonds. The molecule has 0 aliphatic carbocycles. The van der Waals surface area contributed by atoms with Crippen molar-refractivity contribution in [2.45, 2.75) is 19.9 Å². The van der Waals surface area contributed by atoms with E-state index in [1.807, 2.05) is 6.92 Å². The molecule has 0 saturated heterocycles. The summed E-state index contributed by atoms with van der Waals surface area (Å²) >= 11 is 18.2. The van der Waals surface area contributed by atoms with Crippen LogP contribution in [0, 0.1) is 0 Å². The van der Waals surface area contributed by atoms with Crippen LogP contribution in [0.5, 0.6) is 5.75 Å². The monoisotopic (exact) mass is 387 g/mol. The molecule has 2 rings (SSSR count). The highest BCUT2D eigenvalue weighted by atomic mass is 35.5. The minimum Gasteiger partial charge on any atom is -0.492 e. The molecule has 4 nitrogen and oxygen atoms in total. The molecule has 0 spiro atoms. The Morgan fingerprint density at radius 2 is 1.92 bits per heavy atom. The maximum atomic E-state index is 11.0. The average molecular weight is 389 g/mol. The lowest BCUT2D eigenvalue weighted by molar-refractivity contribution is 0.0697. The van der Waals surface area contributed by atoms with Crippen molar-refractivity contribution < 1.29 is 14.6 Å². The van der Waals surface area contributed by atoms with E-state index >= 15 is 0 Å². The number of rotatable bonds is 7. The molecule has 0 fully saturated rings. The summed E-state index contributed by atoms with van der Waals surface area (Å²) in [6, 6.07) is 8.07. The summed E-state index contributed by atoms with van der Waals surface area (Å²) in [6.07, 6.45) is 0.859. The molecule has 0 bridgehead atoms. The fourth-order valence-corrected chi connectivity index (χ4v) is 2.96. The van der Waals surface area contributed by atoms with Crippen molar-refractivity contribution in [3.8, 4) is 5.75 Å². The van der Waals surface area contributed by atoms with Crippen LogP contribution in [0.1, 0.15) is 29.3 Å². The lowest BCUT2D eigenvalue weighted by atomic mass is 10.1. The summed E-state index contributed by atoms with van der Waals surface area (Å²) in [5.41, 5.74) is 1.54. The smallest absolute Gasteiger partial charge is 0.337 e. The Balaban J connectivity index is 2.19. The third kappa shape index (κ3) is 4.69. The normalized spacial score (nSPS) is 10.5. The van der Waals surface area contributed by atoms with Gasteiger partial charge < -0.3 is 15.2 Å². The van der Waals surface area contributed by atoms with Crippen LogP contribution in [0.3, 0.4) is 0 Å². The molecule has 0 radical (unpaired) electrons. The first-order valence-corrected chi connectivity index (χ1v) is 8.43. The molecule has 0 heterocycles. The third-order valence-electron chi connectivity index (χ3n) is 3.22. The van der Waals surface area contributed by atoms with Crippen molar-refractivity contribution in [3.05, 3.63) is 56.5 Å². The van der Waals surface area contributed by atoms with Crippen LogP contribution >= 0.6 is 34.8 Å². The van der Waals surface area contributed by atoms with Gasteiger partial charge in [0.15, 0.2) is 0 Å². The summed E-state index contributed by atoms with van der Waals surface area (Å²) in [5.74, 6) is -0.480. The van der Waals surface area contributed by atoms with E-state index in [0.717, 1.165) is 12.0 Å². The molecule has 0 aliphatic heterocycles. The number of benzene rings is 2. The highest BCUT2D eigenvalue weighted by Gasteiger charge is 2.12. The van der Waals surface area contributed by atoms with E-state index < -0.39 is 5.97 Å². The van der Waals surface area contributed by atoms with Crippen LogP contribution in [0.15, 0.2) is 30.3 Å². The standard InChI is InChI=1S/C17H16Cl3NO3/c1-2-5-24-16-10(6-11(18)7-15(16)20)9-21-12-3-4-13(17(22)23)14(19)8-12/h3-4,6-8,21H,2,5,9H2,1H3,(H,22,23). The Kier molecular flexibility index (Phi) is 6.60. The largest absolute Gasteiger partial charge is 0.492 e. The number of hydrogen-bond acceptors (Lipinski definition) is 3. The van der Waals surface area contributed by atoms with Crippen molar-refractivity contribution in [1.29, 1.82) is 0 Å². The Hall–Kier alpha value is -1.62. The number of ether oxygens (including phenoxy) is 1. The van der Waals surface area contributed by atoms with Crippen LogP contribution in [-0.2, 0) is 6.54 Å². The van der Waals surface area contributed by atoms with Gasteiger partial charge in [-0.3, -0.25) is 0 Å². The molecule has 2 N–H and O–H groups in total. The number of halogens is 3. The van der Waals surface area contributed by atoms with Gasteiger partial charge in [0.1, 0.15) is 5.75 Å². The third-order valence-corrected chi connectivity index (χ3v) is 4.03. The first kappa shape index (κ1) is 18.7. The number of nitrogens with one attached hydrogen (secondary N) is 1. The van der Waals surface area contributed by atoms with Gasteiger partial charge in [-0.1, -0.05) is 41.7 Å². The van der Waals surface area contributed by atoms with Gasteiger partial charge in [-0.15, -0.1) is 0 Å². The molecule has 0 saturated carbocycles. The van der Waals surface area contributed by atoms with Gasteiger partial charge in [0.25, 0.3) is 0 Å². The zero-order valence-electron chi connectivity index (χ0n) is 12.9. The minimum atomic E-state index is -1.07. The maximum Gasteiger partial charge on any atom is 0.337 e. The van der Waals surface area contributed by atoms with Gasteiger partial charge in [-0.2, -0.15) is 0 Å². The molecule has 0 atom stereocenters. The van der Waals surface area contributed by atoms with Gasteiger partial charge >= 0.3 is 5.97 Å². The van der Waals surface area contributed by atoms with Gasteiger partial charge in [0.05, 0.1) is 22.2 Å². The van der Waals surface area contributed by atoms with E-state index in [1.54, 1.807) is 24.3 Å². The zero-order chi connectivity index (χ0) is 17.7. The van der Waals surface area contributed by atoms with Crippen LogP contribution in [0.25, 0.3) is 0 Å². The molecule has 2 aromatic carbocycles. The molecule has 0 aliphatic rings. The summed E-state index contributed by atoms with van der Waals surface area (Å²) < 4.78 is 5.70. The van der Waals surface area contributed by atoms with E-state index in [2.05, 4.69) is 5.32 Å². The molecule has 128 valence electrons. The highest BCUT2D eigenvalue weighted by Crippen LogP contribution is 2.33. The highest BCUT2D eigenvalue weighted by molar-refractivity contribution is 6.35. The molecule has 7 heteroatoms.